The van der Waals surface area contributed by atoms with Crippen molar-refractivity contribution in [2.75, 3.05) is 7.11 Å². The largest absolute Gasteiger partial charge is 0.469 e. The molecule has 1 atom stereocenters. The number of alkyl halides is 1. The molecule has 0 rings (SSSR count). The first-order valence-electron chi connectivity index (χ1n) is 2.79. The predicted octanol–water partition coefficient (Wildman–Crippen LogP) is 0.902. The van der Waals surface area contributed by atoms with Crippen LogP contribution in [0.2, 0.25) is 0 Å². The molecule has 1 unspecified atom stereocenters. The van der Waals surface area contributed by atoms with Crippen molar-refractivity contribution in [1.82, 2.24) is 0 Å². The Bertz CT molecular complexity index is 144. The van der Waals surface area contributed by atoms with Crippen molar-refractivity contribution in [2.24, 2.45) is 0 Å². The monoisotopic (exact) mass is 208 g/mol. The number of rotatable bonds is 3. The average molecular weight is 209 g/mol. The maximum Gasteiger partial charge on any atom is 0.307 e. The second-order valence-corrected chi connectivity index (χ2v) is 2.96. The van der Waals surface area contributed by atoms with Gasteiger partial charge in [0.25, 0.3) is 0 Å². The Hall–Kier alpha value is -0.380. The maximum absolute atomic E-state index is 10.5. The third-order valence-corrected chi connectivity index (χ3v) is 1.98. The van der Waals surface area contributed by atoms with Crippen LogP contribution in [0.4, 0.5) is 0 Å². The molecule has 4 heteroatoms. The van der Waals surface area contributed by atoms with Gasteiger partial charge in [0.05, 0.1) is 18.4 Å². The van der Waals surface area contributed by atoms with Gasteiger partial charge in [-0.15, -0.1) is 0 Å². The maximum atomic E-state index is 10.5. The lowest BCUT2D eigenvalue weighted by atomic mass is 10.2. The molecule has 0 N–H and O–H groups in total. The van der Waals surface area contributed by atoms with Crippen LogP contribution in [0.15, 0.2) is 0 Å². The van der Waals surface area contributed by atoms with Crippen LogP contribution in [-0.4, -0.2) is 23.7 Å². The Morgan fingerprint density at radius 3 is 2.40 bits per heavy atom. The zero-order chi connectivity index (χ0) is 8.15. The first-order valence-corrected chi connectivity index (χ1v) is 3.70. The van der Waals surface area contributed by atoms with Crippen molar-refractivity contribution in [3.8, 4) is 0 Å². The third kappa shape index (κ3) is 3.61. The summed E-state index contributed by atoms with van der Waals surface area (Å²) in [6.45, 7) is 1.42. The fraction of sp³-hybridized carbons (Fsp3) is 0.667. The normalized spacial score (nSPS) is 12.3. The minimum absolute atomic E-state index is 0.0644. The van der Waals surface area contributed by atoms with Crippen molar-refractivity contribution in [3.05, 3.63) is 0 Å². The topological polar surface area (TPSA) is 43.4 Å². The summed E-state index contributed by atoms with van der Waals surface area (Å²) in [5.74, 6) is -0.442. The van der Waals surface area contributed by atoms with Crippen molar-refractivity contribution in [2.45, 2.75) is 18.2 Å². The molecule has 0 saturated carbocycles. The van der Waals surface area contributed by atoms with Crippen LogP contribution < -0.4 is 0 Å². The van der Waals surface area contributed by atoms with E-state index in [9.17, 15) is 9.59 Å². The second kappa shape index (κ2) is 4.44. The van der Waals surface area contributed by atoms with Crippen LogP contribution in [0.3, 0.4) is 0 Å². The smallest absolute Gasteiger partial charge is 0.307 e. The van der Waals surface area contributed by atoms with Gasteiger partial charge in [0.15, 0.2) is 0 Å². The summed E-state index contributed by atoms with van der Waals surface area (Å²) in [4.78, 5) is 20.7. The van der Waals surface area contributed by atoms with E-state index in [1.54, 1.807) is 0 Å². The summed E-state index contributed by atoms with van der Waals surface area (Å²) in [6.07, 6.45) is 0.103. The number of carbonyl (C=O) groups excluding carboxylic acids is 2. The number of methoxy groups -OCH3 is 1. The van der Waals surface area contributed by atoms with E-state index in [2.05, 4.69) is 20.7 Å². The van der Waals surface area contributed by atoms with E-state index in [0.29, 0.717) is 0 Å². The molecule has 0 spiro atoms. The molecular weight excluding hydrogens is 200 g/mol. The van der Waals surface area contributed by atoms with E-state index in [-0.39, 0.29) is 18.2 Å². The van der Waals surface area contributed by atoms with Crippen LogP contribution in [0.25, 0.3) is 0 Å². The molecule has 0 aromatic carbocycles. The van der Waals surface area contributed by atoms with E-state index >= 15 is 0 Å². The number of halogens is 1. The molecule has 0 bridgehead atoms. The molecule has 0 fully saturated rings. The molecule has 3 nitrogen and oxygen atoms in total. The summed E-state index contributed by atoms with van der Waals surface area (Å²) in [5, 5.41) is 0. The number of ketones is 1. The second-order valence-electron chi connectivity index (χ2n) is 1.86. The van der Waals surface area contributed by atoms with Crippen molar-refractivity contribution in [1.29, 1.82) is 0 Å². The van der Waals surface area contributed by atoms with E-state index in [1.165, 1.54) is 14.0 Å². The number of carbonyl (C=O) groups is 2. The highest BCUT2D eigenvalue weighted by atomic mass is 79.9. The highest BCUT2D eigenvalue weighted by molar-refractivity contribution is 9.10. The molecule has 0 amide bonds. The fourth-order valence-corrected chi connectivity index (χ4v) is 0.638. The first kappa shape index (κ1) is 9.62. The molecule has 58 valence electrons. The highest BCUT2D eigenvalue weighted by Gasteiger charge is 2.14. The molecule has 0 aliphatic heterocycles. The lowest BCUT2D eigenvalue weighted by molar-refractivity contribution is -0.141. The van der Waals surface area contributed by atoms with E-state index in [0.717, 1.165) is 0 Å². The van der Waals surface area contributed by atoms with Gasteiger partial charge in [-0.05, 0) is 6.92 Å². The van der Waals surface area contributed by atoms with Crippen LogP contribution in [0, 0.1) is 0 Å². The standard InChI is InChI=1S/C6H9BrO3/c1-4(8)5(7)3-6(9)10-2/h5H,3H2,1-2H3. The Labute approximate surface area is 67.9 Å². The van der Waals surface area contributed by atoms with Crippen molar-refractivity contribution >= 4 is 27.7 Å². The Morgan fingerprint density at radius 2 is 2.10 bits per heavy atom. The molecule has 0 aromatic heterocycles. The van der Waals surface area contributed by atoms with Crippen LogP contribution >= 0.6 is 15.9 Å². The fourth-order valence-electron chi connectivity index (χ4n) is 0.373. The number of hydrogen-bond acceptors (Lipinski definition) is 3. The summed E-state index contributed by atoms with van der Waals surface area (Å²) in [6, 6.07) is 0. The molecule has 10 heavy (non-hydrogen) atoms. The Morgan fingerprint density at radius 1 is 1.60 bits per heavy atom. The third-order valence-electron chi connectivity index (χ3n) is 1.01. The summed E-state index contributed by atoms with van der Waals surface area (Å²) < 4.78 is 4.35. The lowest BCUT2D eigenvalue weighted by Crippen LogP contribution is -2.15. The van der Waals surface area contributed by atoms with Crippen molar-refractivity contribution < 1.29 is 14.3 Å². The molecule has 0 aliphatic rings. The summed E-state index contributed by atoms with van der Waals surface area (Å²) in [7, 11) is 1.29. The molecule has 0 aliphatic carbocycles. The SMILES string of the molecule is COC(=O)CC(Br)C(C)=O. The molecular formula is C6H9BrO3. The van der Waals surface area contributed by atoms with E-state index in [4.69, 9.17) is 0 Å². The zero-order valence-electron chi connectivity index (χ0n) is 5.89. The summed E-state index contributed by atoms with van der Waals surface area (Å²) in [5.41, 5.74) is 0. The van der Waals surface area contributed by atoms with Crippen LogP contribution in [0.1, 0.15) is 13.3 Å². The van der Waals surface area contributed by atoms with Gasteiger partial charge in [0, 0.05) is 0 Å². The van der Waals surface area contributed by atoms with Crippen molar-refractivity contribution in [3.63, 3.8) is 0 Å². The van der Waals surface area contributed by atoms with Gasteiger partial charge in [0.2, 0.25) is 0 Å². The van der Waals surface area contributed by atoms with Gasteiger partial charge >= 0.3 is 5.97 Å². The van der Waals surface area contributed by atoms with E-state index < -0.39 is 4.83 Å². The minimum Gasteiger partial charge on any atom is -0.469 e. The molecule has 0 aromatic rings. The van der Waals surface area contributed by atoms with Gasteiger partial charge in [-0.1, -0.05) is 15.9 Å². The minimum atomic E-state index is -0.403. The lowest BCUT2D eigenvalue weighted by Gasteiger charge is -2.01. The zero-order valence-corrected chi connectivity index (χ0v) is 7.47. The van der Waals surface area contributed by atoms with Gasteiger partial charge in [-0.25, -0.2) is 0 Å². The molecule has 0 saturated heterocycles. The Kier molecular flexibility index (Phi) is 4.27. The number of Topliss-reactive ketones (excluding diaryl/α,β-unsaturated/α-hetero) is 1. The van der Waals surface area contributed by atoms with Gasteiger partial charge in [-0.3, -0.25) is 9.59 Å². The van der Waals surface area contributed by atoms with Gasteiger partial charge < -0.3 is 4.74 Å². The molecule has 0 heterocycles. The summed E-state index contributed by atoms with van der Waals surface area (Å²) >= 11 is 3.03. The van der Waals surface area contributed by atoms with Crippen LogP contribution in [0.5, 0.6) is 0 Å². The Balaban J connectivity index is 3.68. The quantitative estimate of drug-likeness (QED) is 0.512. The van der Waals surface area contributed by atoms with E-state index in [1.807, 2.05) is 0 Å². The molecule has 0 radical (unpaired) electrons. The first-order chi connectivity index (χ1) is 4.57. The van der Waals surface area contributed by atoms with Gasteiger partial charge in [-0.2, -0.15) is 0 Å². The van der Waals surface area contributed by atoms with Gasteiger partial charge in [0.1, 0.15) is 5.78 Å². The van der Waals surface area contributed by atoms with Crippen LogP contribution in [-0.2, 0) is 14.3 Å². The highest BCUT2D eigenvalue weighted by Crippen LogP contribution is 2.06. The number of esters is 1. The average Bonchev–Trinajstić information content (AvgIpc) is 1.87. The predicted molar refractivity (Wildman–Crippen MR) is 40.0 cm³/mol. The number of hydrogen-bond donors (Lipinski definition) is 0. The number of ether oxygens (including phenoxy) is 1.